The summed E-state index contributed by atoms with van der Waals surface area (Å²) in [6.07, 6.45) is 1.06. The summed E-state index contributed by atoms with van der Waals surface area (Å²) in [6.45, 7) is 3.84. The summed E-state index contributed by atoms with van der Waals surface area (Å²) in [5.74, 6) is 0.763. The lowest BCUT2D eigenvalue weighted by Crippen LogP contribution is -2.48. The monoisotopic (exact) mass is 351 g/mol. The summed E-state index contributed by atoms with van der Waals surface area (Å²) in [4.78, 5) is 28.6. The third kappa shape index (κ3) is 2.91. The first-order chi connectivity index (χ1) is 12.4. The van der Waals surface area contributed by atoms with Crippen molar-refractivity contribution in [2.24, 2.45) is 5.92 Å². The van der Waals surface area contributed by atoms with Gasteiger partial charge in [0.1, 0.15) is 0 Å². The topological polar surface area (TPSA) is 45.6 Å². The normalized spacial score (nSPS) is 21.3. The first-order valence-electron chi connectivity index (χ1n) is 9.20. The Labute approximate surface area is 153 Å². The van der Waals surface area contributed by atoms with Gasteiger partial charge in [-0.3, -0.25) is 9.59 Å². The number of amides is 1. The minimum Gasteiger partial charge on any atom is -0.378 e. The second kappa shape index (κ2) is 6.31. The Morgan fingerprint density at radius 3 is 2.42 bits per heavy atom. The Morgan fingerprint density at radius 1 is 1.04 bits per heavy atom. The molecule has 0 N–H and O–H groups in total. The van der Waals surface area contributed by atoms with Crippen LogP contribution in [-0.4, -0.2) is 42.6 Å². The summed E-state index contributed by atoms with van der Waals surface area (Å²) in [6, 6.07) is 12.2. The molecule has 1 amide bonds. The molecule has 136 valence electrons. The number of piperidine rings is 1. The highest BCUT2D eigenvalue weighted by Crippen LogP contribution is 2.36. The molecule has 2 aliphatic rings. The molecule has 5 nitrogen and oxygen atoms in total. The lowest BCUT2D eigenvalue weighted by molar-refractivity contribution is -0.131. The molecule has 0 unspecified atom stereocenters. The predicted molar refractivity (Wildman–Crippen MR) is 104 cm³/mol. The number of aromatic nitrogens is 1. The van der Waals surface area contributed by atoms with Crippen LogP contribution < -0.4 is 10.5 Å². The smallest absolute Gasteiger partial charge is 0.251 e. The number of anilines is 1. The number of pyridine rings is 1. The highest BCUT2D eigenvalue weighted by atomic mass is 16.2. The highest BCUT2D eigenvalue weighted by molar-refractivity contribution is 5.73. The third-order valence-corrected chi connectivity index (χ3v) is 5.72. The second-order valence-corrected chi connectivity index (χ2v) is 7.78. The van der Waals surface area contributed by atoms with Crippen LogP contribution in [0.25, 0.3) is 11.1 Å². The fraction of sp³-hybridized carbons (Fsp3) is 0.429. The number of rotatable bonds is 2. The Bertz CT molecular complexity index is 898. The molecule has 0 spiro atoms. The van der Waals surface area contributed by atoms with Gasteiger partial charge in [-0.25, -0.2) is 0 Å². The lowest BCUT2D eigenvalue weighted by Gasteiger charge is -2.42. The van der Waals surface area contributed by atoms with Gasteiger partial charge < -0.3 is 14.4 Å². The fourth-order valence-corrected chi connectivity index (χ4v) is 4.33. The second-order valence-electron chi connectivity index (χ2n) is 7.78. The van der Waals surface area contributed by atoms with Crippen LogP contribution in [0.5, 0.6) is 0 Å². The zero-order valence-corrected chi connectivity index (χ0v) is 15.6. The van der Waals surface area contributed by atoms with Crippen LogP contribution in [0.4, 0.5) is 5.69 Å². The molecule has 0 aliphatic carbocycles. The van der Waals surface area contributed by atoms with Gasteiger partial charge >= 0.3 is 0 Å². The predicted octanol–water partition coefficient (Wildman–Crippen LogP) is 2.55. The van der Waals surface area contributed by atoms with Crippen LogP contribution in [0.1, 0.15) is 25.0 Å². The number of benzene rings is 1. The Hall–Kier alpha value is -2.56. The summed E-state index contributed by atoms with van der Waals surface area (Å²) in [7, 11) is 4.03. The zero-order valence-electron chi connectivity index (χ0n) is 15.6. The molecule has 0 radical (unpaired) electrons. The maximum atomic E-state index is 12.8. The molecule has 2 bridgehead atoms. The van der Waals surface area contributed by atoms with Crippen molar-refractivity contribution in [1.29, 1.82) is 0 Å². The van der Waals surface area contributed by atoms with Crippen molar-refractivity contribution < 1.29 is 4.79 Å². The van der Waals surface area contributed by atoms with Crippen LogP contribution in [0.3, 0.4) is 0 Å². The van der Waals surface area contributed by atoms with E-state index in [4.69, 9.17) is 0 Å². The SMILES string of the molecule is CC(=O)N1C[C@@H]2C[C@H](C1)c1cc(-c3ccc(N(C)C)cc3)cc(=O)n1C2. The van der Waals surface area contributed by atoms with E-state index in [9.17, 15) is 9.59 Å². The molecule has 0 saturated carbocycles. The van der Waals surface area contributed by atoms with Crippen LogP contribution in [-0.2, 0) is 11.3 Å². The van der Waals surface area contributed by atoms with Gasteiger partial charge in [0.05, 0.1) is 0 Å². The fourth-order valence-electron chi connectivity index (χ4n) is 4.33. The summed E-state index contributed by atoms with van der Waals surface area (Å²) in [5.41, 5.74) is 4.30. The van der Waals surface area contributed by atoms with E-state index in [0.717, 1.165) is 35.5 Å². The van der Waals surface area contributed by atoms with E-state index in [-0.39, 0.29) is 17.4 Å². The van der Waals surface area contributed by atoms with Crippen molar-refractivity contribution in [3.05, 3.63) is 52.4 Å². The van der Waals surface area contributed by atoms with Crippen molar-refractivity contribution in [2.75, 3.05) is 32.1 Å². The molecule has 3 heterocycles. The van der Waals surface area contributed by atoms with Crippen molar-refractivity contribution in [3.8, 4) is 11.1 Å². The van der Waals surface area contributed by atoms with Gasteiger partial charge in [0.25, 0.3) is 5.56 Å². The standard InChI is InChI=1S/C21H25N3O2/c1-14(25)23-11-15-8-18(13-23)20-9-17(10-21(26)24(20)12-15)16-4-6-19(7-5-16)22(2)3/h4-7,9-10,15,18H,8,11-13H2,1-3H3/t15-,18+/m0/s1. The first kappa shape index (κ1) is 16.9. The minimum absolute atomic E-state index is 0.0696. The molecule has 1 saturated heterocycles. The average Bonchev–Trinajstić information content (AvgIpc) is 2.62. The summed E-state index contributed by atoms with van der Waals surface area (Å²) in [5, 5.41) is 0. The maximum Gasteiger partial charge on any atom is 0.251 e. The molecule has 2 aliphatic heterocycles. The van der Waals surface area contributed by atoms with Crippen molar-refractivity contribution in [1.82, 2.24) is 9.47 Å². The molecular formula is C21H25N3O2. The number of carbonyl (C=O) groups is 1. The molecule has 26 heavy (non-hydrogen) atoms. The van der Waals surface area contributed by atoms with E-state index >= 15 is 0 Å². The Balaban J connectivity index is 1.73. The average molecular weight is 351 g/mol. The van der Waals surface area contributed by atoms with Crippen LogP contribution >= 0.6 is 0 Å². The Kier molecular flexibility index (Phi) is 4.10. The van der Waals surface area contributed by atoms with E-state index < -0.39 is 0 Å². The van der Waals surface area contributed by atoms with Gasteiger partial charge in [0.2, 0.25) is 5.91 Å². The van der Waals surface area contributed by atoms with Gasteiger partial charge in [-0.05, 0) is 41.7 Å². The van der Waals surface area contributed by atoms with E-state index in [1.54, 1.807) is 13.0 Å². The van der Waals surface area contributed by atoms with Crippen LogP contribution in [0.15, 0.2) is 41.2 Å². The molecule has 1 fully saturated rings. The van der Waals surface area contributed by atoms with Crippen molar-refractivity contribution >= 4 is 11.6 Å². The number of hydrogen-bond acceptors (Lipinski definition) is 3. The quantitative estimate of drug-likeness (QED) is 0.835. The molecule has 5 heteroatoms. The van der Waals surface area contributed by atoms with Crippen LogP contribution in [0.2, 0.25) is 0 Å². The highest BCUT2D eigenvalue weighted by Gasteiger charge is 2.35. The Morgan fingerprint density at radius 2 is 1.77 bits per heavy atom. The van der Waals surface area contributed by atoms with E-state index in [2.05, 4.69) is 35.2 Å². The lowest BCUT2D eigenvalue weighted by atomic mass is 9.82. The van der Waals surface area contributed by atoms with Crippen LogP contribution in [0, 0.1) is 5.92 Å². The molecule has 4 rings (SSSR count). The number of fused-ring (bicyclic) bond motifs is 4. The third-order valence-electron chi connectivity index (χ3n) is 5.72. The van der Waals surface area contributed by atoms with Gasteiger partial charge in [0.15, 0.2) is 0 Å². The zero-order chi connectivity index (χ0) is 18.4. The molecule has 1 aromatic heterocycles. The summed E-state index contributed by atoms with van der Waals surface area (Å²) >= 11 is 0. The van der Waals surface area contributed by atoms with E-state index in [1.807, 2.05) is 23.6 Å². The van der Waals surface area contributed by atoms with Crippen molar-refractivity contribution in [3.63, 3.8) is 0 Å². The minimum atomic E-state index is 0.0696. The van der Waals surface area contributed by atoms with Gasteiger partial charge in [-0.2, -0.15) is 0 Å². The molecule has 2 atom stereocenters. The molecule has 2 aromatic rings. The summed E-state index contributed by atoms with van der Waals surface area (Å²) < 4.78 is 1.92. The largest absolute Gasteiger partial charge is 0.378 e. The number of hydrogen-bond donors (Lipinski definition) is 0. The number of carbonyl (C=O) groups excluding carboxylic acids is 1. The van der Waals surface area contributed by atoms with Crippen molar-refractivity contribution in [2.45, 2.75) is 25.8 Å². The van der Waals surface area contributed by atoms with E-state index in [1.165, 1.54) is 0 Å². The number of likely N-dealkylation sites (tertiary alicyclic amines) is 1. The molecular weight excluding hydrogens is 326 g/mol. The van der Waals surface area contributed by atoms with E-state index in [0.29, 0.717) is 19.0 Å². The maximum absolute atomic E-state index is 12.8. The van der Waals surface area contributed by atoms with Gasteiger partial charge in [0, 0.05) is 64.0 Å². The number of nitrogens with zero attached hydrogens (tertiary/aromatic N) is 3. The van der Waals surface area contributed by atoms with Gasteiger partial charge in [-0.15, -0.1) is 0 Å². The molecule has 1 aromatic carbocycles. The first-order valence-corrected chi connectivity index (χ1v) is 9.20. The van der Waals surface area contributed by atoms with Gasteiger partial charge in [-0.1, -0.05) is 12.1 Å².